The molecule has 0 bridgehead atoms. The highest BCUT2D eigenvalue weighted by Gasteiger charge is 2.40. The Morgan fingerprint density at radius 2 is 1.66 bits per heavy atom. The fourth-order valence-electron chi connectivity index (χ4n) is 6.44. The minimum atomic E-state index is -0.532. The van der Waals surface area contributed by atoms with Gasteiger partial charge in [-0.2, -0.15) is 0 Å². The van der Waals surface area contributed by atoms with Crippen LogP contribution < -0.4 is 15.1 Å². The van der Waals surface area contributed by atoms with Gasteiger partial charge in [-0.25, -0.2) is 4.39 Å². The summed E-state index contributed by atoms with van der Waals surface area (Å²) in [7, 11) is 0. The Labute approximate surface area is 243 Å². The molecule has 2 atom stereocenters. The van der Waals surface area contributed by atoms with Crippen molar-refractivity contribution < 1.29 is 14.0 Å². The summed E-state index contributed by atoms with van der Waals surface area (Å²) in [5.41, 5.74) is 4.47. The predicted octanol–water partition coefficient (Wildman–Crippen LogP) is 6.81. The van der Waals surface area contributed by atoms with Crippen LogP contribution in [0.3, 0.4) is 0 Å². The molecule has 2 aliphatic heterocycles. The summed E-state index contributed by atoms with van der Waals surface area (Å²) in [5.74, 6) is -1.50. The maximum absolute atomic E-state index is 15.0. The lowest BCUT2D eigenvalue weighted by Gasteiger charge is -2.41. The minimum absolute atomic E-state index is 0.0803. The lowest BCUT2D eigenvalue weighted by molar-refractivity contribution is -0.123. The zero-order valence-corrected chi connectivity index (χ0v) is 24.4. The van der Waals surface area contributed by atoms with Gasteiger partial charge in [0.15, 0.2) is 0 Å². The standard InChI is InChI=1S/C34H41FN4O2/c1-4-37(5-2)27-15-9-13-25(22-27)32-29(17-11-21-39(32)34(41)31-24(3)12-8-18-30(31)35)33(40)36-26-14-10-16-28(23-26)38-19-6-7-20-38/h8-10,12-16,18,22-23,29,32H,4-7,11,17,19-21H2,1-3H3,(H,36,40)/t29-,32-/m0/s1. The fourth-order valence-corrected chi connectivity index (χ4v) is 6.44. The number of likely N-dealkylation sites (tertiary alicyclic amines) is 1. The molecule has 0 unspecified atom stereocenters. The number of nitrogens with one attached hydrogen (secondary N) is 1. The predicted molar refractivity (Wildman–Crippen MR) is 164 cm³/mol. The van der Waals surface area contributed by atoms with Crippen molar-refractivity contribution in [3.05, 3.63) is 89.2 Å². The molecule has 7 heteroatoms. The minimum Gasteiger partial charge on any atom is -0.372 e. The van der Waals surface area contributed by atoms with E-state index in [1.54, 1.807) is 24.0 Å². The number of aryl methyl sites for hydroxylation is 1. The number of carbonyl (C=O) groups excluding carboxylic acids is 2. The lowest BCUT2D eigenvalue weighted by atomic mass is 9.83. The number of anilines is 3. The van der Waals surface area contributed by atoms with Crippen molar-refractivity contribution in [1.82, 2.24) is 4.90 Å². The van der Waals surface area contributed by atoms with Gasteiger partial charge in [0.1, 0.15) is 5.82 Å². The average molecular weight is 557 g/mol. The monoisotopic (exact) mass is 556 g/mol. The first-order valence-electron chi connectivity index (χ1n) is 15.0. The van der Waals surface area contributed by atoms with Crippen molar-refractivity contribution in [2.24, 2.45) is 5.92 Å². The molecule has 2 saturated heterocycles. The van der Waals surface area contributed by atoms with Gasteiger partial charge in [-0.05, 0) is 94.0 Å². The van der Waals surface area contributed by atoms with E-state index in [0.29, 0.717) is 24.9 Å². The molecule has 2 fully saturated rings. The number of rotatable bonds is 8. The molecule has 0 aliphatic carbocycles. The Morgan fingerprint density at radius 3 is 2.39 bits per heavy atom. The number of amides is 2. The Hall–Kier alpha value is -3.87. The molecule has 3 aromatic rings. The molecule has 2 heterocycles. The van der Waals surface area contributed by atoms with E-state index in [2.05, 4.69) is 47.2 Å². The second-order valence-corrected chi connectivity index (χ2v) is 11.1. The van der Waals surface area contributed by atoms with E-state index in [1.165, 1.54) is 18.9 Å². The summed E-state index contributed by atoms with van der Waals surface area (Å²) in [6, 6.07) is 20.3. The van der Waals surface area contributed by atoms with Crippen molar-refractivity contribution in [3.63, 3.8) is 0 Å². The number of halogens is 1. The molecule has 0 saturated carbocycles. The quantitative estimate of drug-likeness (QED) is 0.331. The smallest absolute Gasteiger partial charge is 0.257 e. The zero-order valence-electron chi connectivity index (χ0n) is 24.4. The summed E-state index contributed by atoms with van der Waals surface area (Å²) in [6.07, 6.45) is 3.66. The summed E-state index contributed by atoms with van der Waals surface area (Å²) in [6.45, 7) is 10.2. The second kappa shape index (κ2) is 12.8. The van der Waals surface area contributed by atoms with Crippen LogP contribution in [0.15, 0.2) is 66.7 Å². The summed E-state index contributed by atoms with van der Waals surface area (Å²) in [4.78, 5) is 34.3. The van der Waals surface area contributed by atoms with Gasteiger partial charge in [0.2, 0.25) is 5.91 Å². The zero-order chi connectivity index (χ0) is 28.9. The van der Waals surface area contributed by atoms with Gasteiger partial charge in [0.25, 0.3) is 5.91 Å². The molecular weight excluding hydrogens is 515 g/mol. The molecule has 1 N–H and O–H groups in total. The van der Waals surface area contributed by atoms with Crippen LogP contribution in [0.2, 0.25) is 0 Å². The van der Waals surface area contributed by atoms with Crippen molar-refractivity contribution in [2.75, 3.05) is 47.8 Å². The van der Waals surface area contributed by atoms with Gasteiger partial charge < -0.3 is 20.0 Å². The van der Waals surface area contributed by atoms with E-state index in [4.69, 9.17) is 0 Å². The first-order chi connectivity index (χ1) is 19.9. The van der Waals surface area contributed by atoms with Crippen LogP contribution in [0.5, 0.6) is 0 Å². The van der Waals surface area contributed by atoms with Gasteiger partial charge in [-0.1, -0.05) is 30.3 Å². The summed E-state index contributed by atoms with van der Waals surface area (Å²) >= 11 is 0. The number of benzene rings is 3. The molecule has 41 heavy (non-hydrogen) atoms. The van der Waals surface area contributed by atoms with E-state index >= 15 is 4.39 Å². The van der Waals surface area contributed by atoms with Gasteiger partial charge in [-0.15, -0.1) is 0 Å². The van der Waals surface area contributed by atoms with E-state index in [0.717, 1.165) is 48.8 Å². The van der Waals surface area contributed by atoms with Gasteiger partial charge in [-0.3, -0.25) is 9.59 Å². The molecular formula is C34H41FN4O2. The highest BCUT2D eigenvalue weighted by Crippen LogP contribution is 2.39. The molecule has 0 radical (unpaired) electrons. The first kappa shape index (κ1) is 28.7. The number of carbonyl (C=O) groups is 2. The summed E-state index contributed by atoms with van der Waals surface area (Å²) in [5, 5.41) is 3.17. The number of hydrogen-bond acceptors (Lipinski definition) is 4. The van der Waals surface area contributed by atoms with Gasteiger partial charge in [0.05, 0.1) is 17.5 Å². The normalized spacial score (nSPS) is 18.8. The van der Waals surface area contributed by atoms with Crippen molar-refractivity contribution in [3.8, 4) is 0 Å². The highest BCUT2D eigenvalue weighted by molar-refractivity contribution is 5.98. The van der Waals surface area contributed by atoms with E-state index < -0.39 is 17.8 Å². The molecule has 6 nitrogen and oxygen atoms in total. The van der Waals surface area contributed by atoms with Crippen molar-refractivity contribution in [2.45, 2.75) is 52.5 Å². The maximum atomic E-state index is 15.0. The topological polar surface area (TPSA) is 55.9 Å². The lowest BCUT2D eigenvalue weighted by Crippen LogP contribution is -2.46. The third-order valence-corrected chi connectivity index (χ3v) is 8.59. The van der Waals surface area contributed by atoms with E-state index in [1.807, 2.05) is 30.3 Å². The third kappa shape index (κ3) is 6.09. The van der Waals surface area contributed by atoms with E-state index in [-0.39, 0.29) is 17.4 Å². The van der Waals surface area contributed by atoms with Crippen molar-refractivity contribution >= 4 is 28.9 Å². The number of hydrogen-bond donors (Lipinski definition) is 1. The van der Waals surface area contributed by atoms with Crippen molar-refractivity contribution in [1.29, 1.82) is 0 Å². The Bertz CT molecular complexity index is 1360. The van der Waals surface area contributed by atoms with Crippen LogP contribution in [0.1, 0.15) is 67.1 Å². The number of nitrogens with zero attached hydrogens (tertiary/aromatic N) is 3. The fraction of sp³-hybridized carbons (Fsp3) is 0.412. The first-order valence-corrected chi connectivity index (χ1v) is 15.0. The third-order valence-electron chi connectivity index (χ3n) is 8.59. The maximum Gasteiger partial charge on any atom is 0.257 e. The van der Waals surface area contributed by atoms with Gasteiger partial charge >= 0.3 is 0 Å². The van der Waals surface area contributed by atoms with Crippen LogP contribution in [0.4, 0.5) is 21.5 Å². The SMILES string of the molecule is CCN(CC)c1cccc([C@H]2[C@@H](C(=O)Nc3cccc(N4CCCC4)c3)CCCN2C(=O)c2c(C)cccc2F)c1. The molecule has 2 aliphatic rings. The molecule has 3 aromatic carbocycles. The van der Waals surface area contributed by atoms with Crippen LogP contribution in [-0.2, 0) is 4.79 Å². The summed E-state index contributed by atoms with van der Waals surface area (Å²) < 4.78 is 15.0. The highest BCUT2D eigenvalue weighted by atomic mass is 19.1. The number of piperidine rings is 1. The van der Waals surface area contributed by atoms with Crippen LogP contribution in [0, 0.1) is 18.7 Å². The van der Waals surface area contributed by atoms with Crippen LogP contribution in [0.25, 0.3) is 0 Å². The molecule has 0 spiro atoms. The Kier molecular flexibility index (Phi) is 8.91. The Balaban J connectivity index is 1.50. The second-order valence-electron chi connectivity index (χ2n) is 11.1. The van der Waals surface area contributed by atoms with Crippen LogP contribution in [-0.4, -0.2) is 49.4 Å². The van der Waals surface area contributed by atoms with E-state index in [9.17, 15) is 9.59 Å². The largest absolute Gasteiger partial charge is 0.372 e. The van der Waals surface area contributed by atoms with Crippen LogP contribution >= 0.6 is 0 Å². The molecule has 216 valence electrons. The molecule has 2 amide bonds. The van der Waals surface area contributed by atoms with Gasteiger partial charge in [0, 0.05) is 49.8 Å². The Morgan fingerprint density at radius 1 is 0.927 bits per heavy atom. The average Bonchev–Trinajstić information content (AvgIpc) is 3.53. The molecule has 5 rings (SSSR count). The molecule has 0 aromatic heterocycles.